The third kappa shape index (κ3) is 1.83. The van der Waals surface area contributed by atoms with Crippen LogP contribution < -0.4 is 5.73 Å². The fraction of sp³-hybridized carbons (Fsp3) is 0.500. The third-order valence-electron chi connectivity index (χ3n) is 2.10. The molecule has 0 atom stereocenters. The standard InChI is InChI=1S/C10H14N4O2/c1-5-7(15-6(2)12-5)8-13-9(14-16-8)10(3,4)11/h11H2,1-4H3. The molecule has 2 aromatic heterocycles. The average molecular weight is 222 g/mol. The molecule has 6 heteroatoms. The van der Waals surface area contributed by atoms with Crippen molar-refractivity contribution < 1.29 is 8.94 Å². The molecule has 0 aliphatic heterocycles. The SMILES string of the molecule is Cc1nc(C)c(-c2nc(C(C)(C)N)no2)o1. The Morgan fingerprint density at radius 2 is 1.88 bits per heavy atom. The lowest BCUT2D eigenvalue weighted by molar-refractivity contribution is 0.387. The monoisotopic (exact) mass is 222 g/mol. The largest absolute Gasteiger partial charge is 0.436 e. The van der Waals surface area contributed by atoms with E-state index in [0.717, 1.165) is 5.69 Å². The minimum Gasteiger partial charge on any atom is -0.436 e. The second-order valence-electron chi connectivity index (χ2n) is 4.29. The number of hydrogen-bond donors (Lipinski definition) is 1. The van der Waals surface area contributed by atoms with Gasteiger partial charge in [-0.25, -0.2) is 4.98 Å². The Bertz CT molecular complexity index is 507. The fourth-order valence-corrected chi connectivity index (χ4v) is 1.31. The van der Waals surface area contributed by atoms with Gasteiger partial charge in [0.25, 0.3) is 5.89 Å². The van der Waals surface area contributed by atoms with Crippen molar-refractivity contribution in [3.63, 3.8) is 0 Å². The van der Waals surface area contributed by atoms with Gasteiger partial charge in [-0.1, -0.05) is 5.16 Å². The lowest BCUT2D eigenvalue weighted by Gasteiger charge is -2.11. The highest BCUT2D eigenvalue weighted by Gasteiger charge is 2.24. The number of nitrogens with two attached hydrogens (primary N) is 1. The third-order valence-corrected chi connectivity index (χ3v) is 2.10. The van der Waals surface area contributed by atoms with Crippen molar-refractivity contribution in [3.05, 3.63) is 17.4 Å². The van der Waals surface area contributed by atoms with Gasteiger partial charge in [0.1, 0.15) is 0 Å². The maximum atomic E-state index is 5.86. The molecule has 0 spiro atoms. The zero-order valence-electron chi connectivity index (χ0n) is 9.74. The fourth-order valence-electron chi connectivity index (χ4n) is 1.31. The Hall–Kier alpha value is -1.69. The Balaban J connectivity index is 2.43. The van der Waals surface area contributed by atoms with Gasteiger partial charge in [-0.05, 0) is 20.8 Å². The highest BCUT2D eigenvalue weighted by atomic mass is 16.5. The van der Waals surface area contributed by atoms with E-state index in [-0.39, 0.29) is 0 Å². The molecule has 2 rings (SSSR count). The second-order valence-corrected chi connectivity index (χ2v) is 4.29. The van der Waals surface area contributed by atoms with Gasteiger partial charge < -0.3 is 14.7 Å². The van der Waals surface area contributed by atoms with Crippen LogP contribution >= 0.6 is 0 Å². The van der Waals surface area contributed by atoms with Gasteiger partial charge in [-0.15, -0.1) is 0 Å². The molecule has 0 fully saturated rings. The van der Waals surface area contributed by atoms with E-state index in [1.165, 1.54) is 0 Å². The van der Waals surface area contributed by atoms with Gasteiger partial charge in [-0.3, -0.25) is 0 Å². The molecule has 0 amide bonds. The van der Waals surface area contributed by atoms with Gasteiger partial charge >= 0.3 is 0 Å². The minimum atomic E-state index is -0.634. The summed E-state index contributed by atoms with van der Waals surface area (Å²) in [5.41, 5.74) is 5.95. The molecule has 0 aromatic carbocycles. The van der Waals surface area contributed by atoms with Crippen LogP contribution in [0.1, 0.15) is 31.3 Å². The molecule has 0 bridgehead atoms. The Labute approximate surface area is 92.9 Å². The molecule has 0 aliphatic rings. The topological polar surface area (TPSA) is 91.0 Å². The number of hydrogen-bond acceptors (Lipinski definition) is 6. The summed E-state index contributed by atoms with van der Waals surface area (Å²) >= 11 is 0. The van der Waals surface area contributed by atoms with Gasteiger partial charge in [-0.2, -0.15) is 4.98 Å². The van der Waals surface area contributed by atoms with Crippen LogP contribution in [0.25, 0.3) is 11.7 Å². The highest BCUT2D eigenvalue weighted by molar-refractivity contribution is 5.47. The summed E-state index contributed by atoms with van der Waals surface area (Å²) in [6.07, 6.45) is 0. The van der Waals surface area contributed by atoms with Crippen molar-refractivity contribution in [1.29, 1.82) is 0 Å². The van der Waals surface area contributed by atoms with Crippen molar-refractivity contribution in [2.24, 2.45) is 5.73 Å². The van der Waals surface area contributed by atoms with Crippen LogP contribution in [0.15, 0.2) is 8.94 Å². The van der Waals surface area contributed by atoms with Crippen LogP contribution in [0.4, 0.5) is 0 Å². The molecular weight excluding hydrogens is 208 g/mol. The number of oxazole rings is 1. The Kier molecular flexibility index (Phi) is 2.31. The molecule has 2 N–H and O–H groups in total. The Morgan fingerprint density at radius 1 is 1.19 bits per heavy atom. The Morgan fingerprint density at radius 3 is 2.31 bits per heavy atom. The first-order valence-corrected chi connectivity index (χ1v) is 4.95. The van der Waals surface area contributed by atoms with E-state index in [2.05, 4.69) is 15.1 Å². The van der Waals surface area contributed by atoms with E-state index >= 15 is 0 Å². The molecule has 0 saturated carbocycles. The molecule has 0 radical (unpaired) electrons. The van der Waals surface area contributed by atoms with Crippen molar-refractivity contribution in [3.8, 4) is 11.7 Å². The first-order chi connectivity index (χ1) is 7.38. The van der Waals surface area contributed by atoms with Gasteiger partial charge in [0, 0.05) is 6.92 Å². The summed E-state index contributed by atoms with van der Waals surface area (Å²) in [5, 5.41) is 3.82. The first kappa shape index (κ1) is 10.8. The van der Waals surface area contributed by atoms with Gasteiger partial charge in [0.05, 0.1) is 11.2 Å². The average Bonchev–Trinajstić information content (AvgIpc) is 2.70. The van der Waals surface area contributed by atoms with Crippen molar-refractivity contribution in [2.75, 3.05) is 0 Å². The first-order valence-electron chi connectivity index (χ1n) is 4.95. The molecule has 0 saturated heterocycles. The van der Waals surface area contributed by atoms with Crippen molar-refractivity contribution >= 4 is 0 Å². The molecule has 2 aromatic rings. The molecule has 2 heterocycles. The van der Waals surface area contributed by atoms with E-state index in [0.29, 0.717) is 23.4 Å². The lowest BCUT2D eigenvalue weighted by Crippen LogP contribution is -2.30. The maximum Gasteiger partial charge on any atom is 0.295 e. The number of aryl methyl sites for hydroxylation is 2. The predicted molar refractivity (Wildman–Crippen MR) is 56.5 cm³/mol. The lowest BCUT2D eigenvalue weighted by atomic mass is 10.1. The molecule has 0 unspecified atom stereocenters. The summed E-state index contributed by atoms with van der Waals surface area (Å²) in [6, 6.07) is 0. The smallest absolute Gasteiger partial charge is 0.295 e. The van der Waals surface area contributed by atoms with Crippen LogP contribution in [0.5, 0.6) is 0 Å². The van der Waals surface area contributed by atoms with Crippen LogP contribution in [0.2, 0.25) is 0 Å². The highest BCUT2D eigenvalue weighted by Crippen LogP contribution is 2.24. The van der Waals surface area contributed by atoms with Crippen LogP contribution in [0.3, 0.4) is 0 Å². The van der Waals surface area contributed by atoms with Crippen molar-refractivity contribution in [1.82, 2.24) is 15.1 Å². The molecule has 86 valence electrons. The summed E-state index contributed by atoms with van der Waals surface area (Å²) in [7, 11) is 0. The summed E-state index contributed by atoms with van der Waals surface area (Å²) in [6.45, 7) is 7.20. The molecule has 16 heavy (non-hydrogen) atoms. The van der Waals surface area contributed by atoms with E-state index in [9.17, 15) is 0 Å². The zero-order valence-corrected chi connectivity index (χ0v) is 9.74. The number of nitrogens with zero attached hydrogens (tertiary/aromatic N) is 3. The van der Waals surface area contributed by atoms with Gasteiger partial charge in [0.2, 0.25) is 5.76 Å². The van der Waals surface area contributed by atoms with Crippen molar-refractivity contribution in [2.45, 2.75) is 33.2 Å². The van der Waals surface area contributed by atoms with E-state index in [4.69, 9.17) is 14.7 Å². The summed E-state index contributed by atoms with van der Waals surface area (Å²) < 4.78 is 10.5. The molecule has 0 aliphatic carbocycles. The molecular formula is C10H14N4O2. The van der Waals surface area contributed by atoms with Crippen LogP contribution in [-0.4, -0.2) is 15.1 Å². The molecule has 6 nitrogen and oxygen atoms in total. The van der Waals surface area contributed by atoms with Crippen LogP contribution in [-0.2, 0) is 5.54 Å². The van der Waals surface area contributed by atoms with E-state index in [1.807, 2.05) is 6.92 Å². The predicted octanol–water partition coefficient (Wildman–Crippen LogP) is 1.54. The minimum absolute atomic E-state index is 0.312. The van der Waals surface area contributed by atoms with E-state index < -0.39 is 5.54 Å². The summed E-state index contributed by atoms with van der Waals surface area (Å²) in [5.74, 6) is 1.82. The van der Waals surface area contributed by atoms with E-state index in [1.54, 1.807) is 20.8 Å². The van der Waals surface area contributed by atoms with Crippen LogP contribution in [0, 0.1) is 13.8 Å². The maximum absolute atomic E-state index is 5.86. The normalized spacial score (nSPS) is 12.1. The quantitative estimate of drug-likeness (QED) is 0.828. The number of rotatable bonds is 2. The summed E-state index contributed by atoms with van der Waals surface area (Å²) in [4.78, 5) is 8.32. The number of aromatic nitrogens is 3. The van der Waals surface area contributed by atoms with Gasteiger partial charge in [0.15, 0.2) is 11.7 Å². The zero-order chi connectivity index (χ0) is 11.9. The second kappa shape index (κ2) is 3.41.